The second kappa shape index (κ2) is 9.14. The van der Waals surface area contributed by atoms with E-state index in [2.05, 4.69) is 44.8 Å². The number of alkyl halides is 1. The first-order valence-corrected chi connectivity index (χ1v) is 13.2. The van der Waals surface area contributed by atoms with Gasteiger partial charge in [-0.15, -0.1) is 11.6 Å². The Bertz CT molecular complexity index is 1400. The smallest absolute Gasteiger partial charge is 0.302 e. The van der Waals surface area contributed by atoms with Gasteiger partial charge in [-0.3, -0.25) is 20.1 Å². The molecule has 2 aromatic rings. The summed E-state index contributed by atoms with van der Waals surface area (Å²) in [6, 6.07) is 6.81. The maximum Gasteiger partial charge on any atom is 0.302 e. The molecule has 4 aliphatic rings. The van der Waals surface area contributed by atoms with Gasteiger partial charge in [0.2, 0.25) is 11.9 Å². The van der Waals surface area contributed by atoms with E-state index in [0.29, 0.717) is 22.4 Å². The fraction of sp³-hybridized carbons (Fsp3) is 0.360. The summed E-state index contributed by atoms with van der Waals surface area (Å²) in [5.41, 5.74) is 1.57. The first-order valence-electron chi connectivity index (χ1n) is 11.9. The summed E-state index contributed by atoms with van der Waals surface area (Å²) in [4.78, 5) is 32.4. The number of anilines is 1. The van der Waals surface area contributed by atoms with E-state index in [1.54, 1.807) is 11.2 Å². The van der Waals surface area contributed by atoms with Crippen molar-refractivity contribution in [1.82, 2.24) is 15.3 Å². The summed E-state index contributed by atoms with van der Waals surface area (Å²) in [6.07, 6.45) is 9.80. The van der Waals surface area contributed by atoms with Crippen LogP contribution < -0.4 is 10.6 Å². The Labute approximate surface area is 222 Å². The van der Waals surface area contributed by atoms with E-state index in [9.17, 15) is 4.79 Å². The van der Waals surface area contributed by atoms with E-state index in [1.165, 1.54) is 11.8 Å². The van der Waals surface area contributed by atoms with Crippen LogP contribution in [0.25, 0.3) is 11.1 Å². The first kappa shape index (κ1) is 23.9. The molecule has 6 rings (SSSR count). The summed E-state index contributed by atoms with van der Waals surface area (Å²) < 4.78 is 5.79. The first-order chi connectivity index (χ1) is 17.8. The number of fused-ring (bicyclic) bond motifs is 2. The predicted molar refractivity (Wildman–Crippen MR) is 149 cm³/mol. The van der Waals surface area contributed by atoms with E-state index in [0.717, 1.165) is 5.52 Å². The van der Waals surface area contributed by atoms with Crippen molar-refractivity contribution in [3.05, 3.63) is 48.6 Å². The van der Waals surface area contributed by atoms with Crippen molar-refractivity contribution < 1.29 is 9.21 Å². The van der Waals surface area contributed by atoms with Gasteiger partial charge in [0.15, 0.2) is 10.8 Å². The number of aromatic nitrogens is 1. The van der Waals surface area contributed by atoms with Crippen LogP contribution in [0.3, 0.4) is 0 Å². The molecule has 37 heavy (non-hydrogen) atoms. The Morgan fingerprint density at radius 2 is 2.11 bits per heavy atom. The summed E-state index contributed by atoms with van der Waals surface area (Å²) in [6.45, 7) is 3.87. The summed E-state index contributed by atoms with van der Waals surface area (Å²) in [5.74, 6) is -0.611. The summed E-state index contributed by atoms with van der Waals surface area (Å²) in [7, 11) is 1.82. The minimum Gasteiger partial charge on any atom is -0.423 e. The van der Waals surface area contributed by atoms with Crippen molar-refractivity contribution in [3.63, 3.8) is 0 Å². The highest BCUT2D eigenvalue weighted by atomic mass is 35.5. The van der Waals surface area contributed by atoms with Crippen molar-refractivity contribution in [1.29, 1.82) is 0 Å². The van der Waals surface area contributed by atoms with Crippen molar-refractivity contribution >= 4 is 69.4 Å². The van der Waals surface area contributed by atoms with Gasteiger partial charge in [-0.2, -0.15) is 10.1 Å². The van der Waals surface area contributed by atoms with Crippen molar-refractivity contribution in [3.8, 4) is 0 Å². The normalized spacial score (nSPS) is 32.3. The third-order valence-electron chi connectivity index (χ3n) is 6.86. The third kappa shape index (κ3) is 4.36. The lowest BCUT2D eigenvalue weighted by atomic mass is 9.87. The molecule has 2 N–H and O–H groups in total. The second-order valence-corrected chi connectivity index (χ2v) is 11.1. The molecule has 3 aliphatic heterocycles. The standard InChI is InChI=1S/C25H25ClN8O2S/c1-13-18(21(35)31-24-33-25(2)11-7-6-10-17(25)37-24)19(20-14(26)12-27-34(20)3)30-22(28-13)32-23-29-15-8-4-5-9-16(15)36-23/h4-12,14,17-20H,1-3H3,(H,29,30,32)(H,31,33,35). The molecule has 190 valence electrons. The quantitative estimate of drug-likeness (QED) is 0.580. The molecule has 6 atom stereocenters. The van der Waals surface area contributed by atoms with Gasteiger partial charge in [0, 0.05) is 19.0 Å². The molecule has 0 saturated heterocycles. The molecular weight excluding hydrogens is 512 g/mol. The Morgan fingerprint density at radius 3 is 2.86 bits per heavy atom. The molecule has 12 heteroatoms. The molecule has 1 aromatic carbocycles. The fourth-order valence-electron chi connectivity index (χ4n) is 4.95. The van der Waals surface area contributed by atoms with Crippen LogP contribution in [0.1, 0.15) is 13.8 Å². The van der Waals surface area contributed by atoms with Crippen molar-refractivity contribution in [2.45, 2.75) is 42.1 Å². The number of guanidine groups is 1. The zero-order chi connectivity index (χ0) is 25.7. The molecule has 4 heterocycles. The van der Waals surface area contributed by atoms with Gasteiger partial charge in [-0.25, -0.2) is 9.98 Å². The maximum absolute atomic E-state index is 13.7. The number of nitrogens with one attached hydrogen (secondary N) is 2. The molecule has 0 fully saturated rings. The van der Waals surface area contributed by atoms with E-state index < -0.39 is 17.3 Å². The molecule has 6 unspecified atom stereocenters. The van der Waals surface area contributed by atoms with Gasteiger partial charge in [-0.05, 0) is 26.0 Å². The van der Waals surface area contributed by atoms with Crippen molar-refractivity contribution in [2.75, 3.05) is 12.4 Å². The van der Waals surface area contributed by atoms with Gasteiger partial charge in [0.05, 0.1) is 28.2 Å². The van der Waals surface area contributed by atoms with E-state index >= 15 is 0 Å². The highest BCUT2D eigenvalue weighted by Crippen LogP contribution is 2.39. The van der Waals surface area contributed by atoms with Crippen molar-refractivity contribution in [2.24, 2.45) is 26.0 Å². The van der Waals surface area contributed by atoms with Gasteiger partial charge >= 0.3 is 6.01 Å². The molecule has 10 nitrogen and oxygen atoms in total. The average molecular weight is 537 g/mol. The number of likely N-dealkylation sites (N-methyl/N-ethyl adjacent to an activating group) is 1. The Hall–Kier alpha value is -3.44. The Morgan fingerprint density at radius 1 is 1.27 bits per heavy atom. The van der Waals surface area contributed by atoms with Crippen LogP contribution in [0.15, 0.2) is 73.1 Å². The number of allylic oxidation sites excluding steroid dienone is 2. The zero-order valence-corrected chi connectivity index (χ0v) is 21.9. The van der Waals surface area contributed by atoms with Gasteiger partial charge in [0.25, 0.3) is 0 Å². The second-order valence-electron chi connectivity index (χ2n) is 9.47. The van der Waals surface area contributed by atoms with E-state index in [-0.39, 0.29) is 28.8 Å². The van der Waals surface area contributed by atoms with Crippen LogP contribution in [0.5, 0.6) is 0 Å². The molecule has 0 bridgehead atoms. The molecule has 1 amide bonds. The number of carbonyl (C=O) groups excluding carboxylic acids is 1. The number of hydrogen-bond acceptors (Lipinski definition) is 10. The molecular formula is C25H25ClN8O2S. The topological polar surface area (TPSA) is 120 Å². The van der Waals surface area contributed by atoms with Crippen LogP contribution in [-0.2, 0) is 4.79 Å². The number of aliphatic imine (C=N–C) groups is 3. The van der Waals surface area contributed by atoms with Gasteiger partial charge in [0.1, 0.15) is 11.4 Å². The summed E-state index contributed by atoms with van der Waals surface area (Å²) in [5, 5.41) is 12.5. The Balaban J connectivity index is 1.28. The average Bonchev–Trinajstić information content (AvgIpc) is 3.51. The number of amides is 1. The van der Waals surface area contributed by atoms with Crippen LogP contribution in [0.2, 0.25) is 0 Å². The number of amidine groups is 1. The molecule has 1 aromatic heterocycles. The minimum atomic E-state index is -0.672. The van der Waals surface area contributed by atoms with Crippen LogP contribution in [0.4, 0.5) is 6.01 Å². The Kier molecular flexibility index (Phi) is 5.91. The fourth-order valence-corrected chi connectivity index (χ4v) is 6.50. The molecule has 1 aliphatic carbocycles. The maximum atomic E-state index is 13.7. The molecule has 0 saturated carbocycles. The number of para-hydroxylation sites is 2. The SMILES string of the molecule is CC1=NC(Nc2nc3ccccc3o2)=NC(C2C(Cl)C=NN2C)C1C(=O)NC1=NC2(C)C=CC=CC2S1. The largest absolute Gasteiger partial charge is 0.423 e. The lowest BCUT2D eigenvalue weighted by Gasteiger charge is -2.34. The number of hydrazone groups is 1. The van der Waals surface area contributed by atoms with Crippen LogP contribution in [0, 0.1) is 5.92 Å². The number of halogens is 1. The number of oxazole rings is 1. The molecule has 0 radical (unpaired) electrons. The third-order valence-corrected chi connectivity index (χ3v) is 8.53. The number of benzene rings is 1. The van der Waals surface area contributed by atoms with Gasteiger partial charge in [-0.1, -0.05) is 48.2 Å². The van der Waals surface area contributed by atoms with Crippen LogP contribution >= 0.6 is 23.4 Å². The van der Waals surface area contributed by atoms with Gasteiger partial charge < -0.3 is 9.73 Å². The number of nitrogens with zero attached hydrogens (tertiary/aromatic N) is 6. The highest BCUT2D eigenvalue weighted by Gasteiger charge is 2.46. The minimum absolute atomic E-state index is 0.136. The van der Waals surface area contributed by atoms with Crippen LogP contribution in [-0.4, -0.2) is 74.3 Å². The predicted octanol–water partition coefficient (Wildman–Crippen LogP) is 3.43. The monoisotopic (exact) mass is 536 g/mol. The number of carbonyl (C=O) groups is 1. The number of thioether (sulfide) groups is 1. The number of rotatable bonds is 3. The lowest BCUT2D eigenvalue weighted by molar-refractivity contribution is -0.122. The molecule has 0 spiro atoms. The number of hydrogen-bond donors (Lipinski definition) is 2. The summed E-state index contributed by atoms with van der Waals surface area (Å²) >= 11 is 8.17. The zero-order valence-electron chi connectivity index (χ0n) is 20.4. The van der Waals surface area contributed by atoms with E-state index in [4.69, 9.17) is 26.0 Å². The lowest BCUT2D eigenvalue weighted by Crippen LogP contribution is -2.53. The highest BCUT2D eigenvalue weighted by molar-refractivity contribution is 8.14. The van der Waals surface area contributed by atoms with E-state index in [1.807, 2.05) is 50.4 Å².